The van der Waals surface area contributed by atoms with Crippen LogP contribution in [0.5, 0.6) is 0 Å². The number of amides is 3. The van der Waals surface area contributed by atoms with Crippen LogP contribution in [-0.4, -0.2) is 46.7 Å². The highest BCUT2D eigenvalue weighted by molar-refractivity contribution is 5.92. The number of aromatic nitrogens is 2. The van der Waals surface area contributed by atoms with Gasteiger partial charge >= 0.3 is 6.03 Å². The molecule has 2 aromatic rings. The molecule has 1 aromatic heterocycles. The Morgan fingerprint density at radius 2 is 2.00 bits per heavy atom. The number of nitrogens with zero attached hydrogens (tertiary/aromatic N) is 2. The zero-order chi connectivity index (χ0) is 18.5. The fourth-order valence-electron chi connectivity index (χ4n) is 3.00. The van der Waals surface area contributed by atoms with E-state index < -0.39 is 11.6 Å². The van der Waals surface area contributed by atoms with Gasteiger partial charge in [-0.1, -0.05) is 6.07 Å². The number of H-pyrrole nitrogens is 1. The molecule has 0 bridgehead atoms. The Labute approximate surface area is 148 Å². The number of rotatable bonds is 5. The SMILES string of the molecule is O=C(NCCNC(=O)N1CCCC1c1ccc(F)c(F)c1)c1ccn[nH]1. The Morgan fingerprint density at radius 1 is 1.19 bits per heavy atom. The fourth-order valence-corrected chi connectivity index (χ4v) is 3.00. The van der Waals surface area contributed by atoms with Crippen molar-refractivity contribution in [2.45, 2.75) is 18.9 Å². The van der Waals surface area contributed by atoms with Crippen molar-refractivity contribution >= 4 is 11.9 Å². The summed E-state index contributed by atoms with van der Waals surface area (Å²) in [5.74, 6) is -2.13. The van der Waals surface area contributed by atoms with Crippen LogP contribution in [0.1, 0.15) is 34.9 Å². The van der Waals surface area contributed by atoms with Crippen molar-refractivity contribution in [3.63, 3.8) is 0 Å². The van der Waals surface area contributed by atoms with Crippen molar-refractivity contribution in [1.29, 1.82) is 0 Å². The Hall–Kier alpha value is -2.97. The van der Waals surface area contributed by atoms with E-state index in [2.05, 4.69) is 20.8 Å². The smallest absolute Gasteiger partial charge is 0.317 e. The second kappa shape index (κ2) is 7.94. The molecular formula is C17H19F2N5O2. The van der Waals surface area contributed by atoms with Crippen LogP contribution in [0.4, 0.5) is 13.6 Å². The Morgan fingerprint density at radius 3 is 2.73 bits per heavy atom. The van der Waals surface area contributed by atoms with E-state index in [1.165, 1.54) is 12.3 Å². The number of hydrogen-bond donors (Lipinski definition) is 3. The zero-order valence-electron chi connectivity index (χ0n) is 14.0. The molecule has 138 valence electrons. The van der Waals surface area contributed by atoms with Crippen LogP contribution in [0, 0.1) is 11.6 Å². The Balaban J connectivity index is 1.50. The Kier molecular flexibility index (Phi) is 5.45. The van der Waals surface area contributed by atoms with Gasteiger partial charge in [0.2, 0.25) is 0 Å². The molecule has 3 N–H and O–H groups in total. The molecule has 1 atom stereocenters. The van der Waals surface area contributed by atoms with Gasteiger partial charge in [-0.15, -0.1) is 0 Å². The molecule has 1 fully saturated rings. The van der Waals surface area contributed by atoms with Crippen molar-refractivity contribution in [1.82, 2.24) is 25.7 Å². The maximum Gasteiger partial charge on any atom is 0.317 e. The lowest BCUT2D eigenvalue weighted by Crippen LogP contribution is -2.42. The summed E-state index contributed by atoms with van der Waals surface area (Å²) in [7, 11) is 0. The summed E-state index contributed by atoms with van der Waals surface area (Å²) in [6.45, 7) is 1.04. The molecule has 1 aromatic carbocycles. The first-order valence-corrected chi connectivity index (χ1v) is 8.33. The van der Waals surface area contributed by atoms with Gasteiger partial charge in [-0.2, -0.15) is 5.10 Å². The molecule has 0 saturated carbocycles. The number of nitrogens with one attached hydrogen (secondary N) is 3. The van der Waals surface area contributed by atoms with Crippen LogP contribution in [0.15, 0.2) is 30.5 Å². The van der Waals surface area contributed by atoms with E-state index in [4.69, 9.17) is 0 Å². The highest BCUT2D eigenvalue weighted by Gasteiger charge is 2.30. The maximum atomic E-state index is 13.5. The number of hydrogen-bond acceptors (Lipinski definition) is 3. The summed E-state index contributed by atoms with van der Waals surface area (Å²) in [4.78, 5) is 25.7. The van der Waals surface area contributed by atoms with Crippen LogP contribution in [0.3, 0.4) is 0 Å². The fraction of sp³-hybridized carbons (Fsp3) is 0.353. The van der Waals surface area contributed by atoms with Crippen LogP contribution in [0.2, 0.25) is 0 Å². The number of likely N-dealkylation sites (tertiary alicyclic amines) is 1. The molecule has 0 aliphatic carbocycles. The first kappa shape index (κ1) is 17.8. The highest BCUT2D eigenvalue weighted by atomic mass is 19.2. The maximum absolute atomic E-state index is 13.5. The summed E-state index contributed by atoms with van der Waals surface area (Å²) in [5, 5.41) is 11.6. The van der Waals surface area contributed by atoms with Gasteiger partial charge in [-0.25, -0.2) is 13.6 Å². The lowest BCUT2D eigenvalue weighted by molar-refractivity contribution is 0.0948. The Bertz CT molecular complexity index is 781. The van der Waals surface area contributed by atoms with Gasteiger partial charge in [0.15, 0.2) is 11.6 Å². The molecule has 3 amide bonds. The molecule has 26 heavy (non-hydrogen) atoms. The molecule has 2 heterocycles. The van der Waals surface area contributed by atoms with Crippen LogP contribution in [-0.2, 0) is 0 Å². The normalized spacial score (nSPS) is 16.5. The number of halogens is 2. The number of carbonyl (C=O) groups is 2. The number of urea groups is 1. The number of carbonyl (C=O) groups excluding carboxylic acids is 2. The molecular weight excluding hydrogens is 344 g/mol. The van der Waals surface area contributed by atoms with Gasteiger partial charge in [0, 0.05) is 25.8 Å². The van der Waals surface area contributed by atoms with Crippen molar-refractivity contribution in [3.8, 4) is 0 Å². The standard InChI is InChI=1S/C17H19F2N5O2/c18-12-4-3-11(10-13(12)19)15-2-1-9-24(15)17(26)21-8-7-20-16(25)14-5-6-22-23-14/h3-6,10,15H,1-2,7-9H2,(H,20,25)(H,21,26)(H,22,23). The second-order valence-electron chi connectivity index (χ2n) is 5.98. The van der Waals surface area contributed by atoms with Crippen molar-refractivity contribution in [2.24, 2.45) is 0 Å². The van der Waals surface area contributed by atoms with Gasteiger partial charge in [0.25, 0.3) is 5.91 Å². The number of aromatic amines is 1. The summed E-state index contributed by atoms with van der Waals surface area (Å²) >= 11 is 0. The predicted molar refractivity (Wildman–Crippen MR) is 89.4 cm³/mol. The van der Waals surface area contributed by atoms with E-state index in [-0.39, 0.29) is 31.1 Å². The van der Waals surface area contributed by atoms with Crippen LogP contribution < -0.4 is 10.6 Å². The first-order chi connectivity index (χ1) is 12.6. The molecule has 7 nitrogen and oxygen atoms in total. The van der Waals surface area contributed by atoms with Crippen LogP contribution >= 0.6 is 0 Å². The van der Waals surface area contributed by atoms with Gasteiger partial charge in [-0.05, 0) is 36.6 Å². The van der Waals surface area contributed by atoms with Crippen molar-refractivity contribution < 1.29 is 18.4 Å². The van der Waals surface area contributed by atoms with E-state index in [0.717, 1.165) is 18.6 Å². The third-order valence-electron chi connectivity index (χ3n) is 4.27. The minimum Gasteiger partial charge on any atom is -0.349 e. The lowest BCUT2D eigenvalue weighted by atomic mass is 10.0. The van der Waals surface area contributed by atoms with Gasteiger partial charge in [0.05, 0.1) is 6.04 Å². The molecule has 9 heteroatoms. The van der Waals surface area contributed by atoms with Crippen molar-refractivity contribution in [3.05, 3.63) is 53.4 Å². The minimum absolute atomic E-state index is 0.250. The first-order valence-electron chi connectivity index (χ1n) is 8.33. The van der Waals surface area contributed by atoms with E-state index in [0.29, 0.717) is 24.2 Å². The predicted octanol–water partition coefficient (Wildman–Crippen LogP) is 1.96. The third-order valence-corrected chi connectivity index (χ3v) is 4.27. The third kappa shape index (κ3) is 3.98. The van der Waals surface area contributed by atoms with E-state index in [1.54, 1.807) is 11.0 Å². The summed E-state index contributed by atoms with van der Waals surface area (Å²) < 4.78 is 26.6. The van der Waals surface area contributed by atoms with E-state index in [1.807, 2.05) is 0 Å². The molecule has 1 aliphatic heterocycles. The molecule has 0 spiro atoms. The summed E-state index contributed by atoms with van der Waals surface area (Å²) in [6, 6.07) is 4.67. The molecule has 3 rings (SSSR count). The quantitative estimate of drug-likeness (QED) is 0.710. The van der Waals surface area contributed by atoms with Crippen LogP contribution in [0.25, 0.3) is 0 Å². The average molecular weight is 363 g/mol. The topological polar surface area (TPSA) is 90.1 Å². The molecule has 0 radical (unpaired) electrons. The van der Waals surface area contributed by atoms with E-state index in [9.17, 15) is 18.4 Å². The lowest BCUT2D eigenvalue weighted by Gasteiger charge is -2.25. The van der Waals surface area contributed by atoms with Crippen molar-refractivity contribution in [2.75, 3.05) is 19.6 Å². The molecule has 1 aliphatic rings. The second-order valence-corrected chi connectivity index (χ2v) is 5.98. The largest absolute Gasteiger partial charge is 0.349 e. The van der Waals surface area contributed by atoms with Gasteiger partial charge in [-0.3, -0.25) is 9.89 Å². The van der Waals surface area contributed by atoms with Gasteiger partial charge < -0.3 is 15.5 Å². The molecule has 1 saturated heterocycles. The van der Waals surface area contributed by atoms with E-state index >= 15 is 0 Å². The monoisotopic (exact) mass is 363 g/mol. The summed E-state index contributed by atoms with van der Waals surface area (Å²) in [5.41, 5.74) is 0.915. The minimum atomic E-state index is -0.920. The average Bonchev–Trinajstić information content (AvgIpc) is 3.32. The molecule has 1 unspecified atom stereocenters. The zero-order valence-corrected chi connectivity index (χ0v) is 14.0. The highest BCUT2D eigenvalue weighted by Crippen LogP contribution is 2.32. The summed E-state index contributed by atoms with van der Waals surface area (Å²) in [6.07, 6.45) is 2.95. The number of benzene rings is 1. The van der Waals surface area contributed by atoms with Gasteiger partial charge in [0.1, 0.15) is 5.69 Å².